The zero-order valence-corrected chi connectivity index (χ0v) is 7.36. The lowest BCUT2D eigenvalue weighted by molar-refractivity contribution is -0.138. The van der Waals surface area contributed by atoms with Crippen molar-refractivity contribution in [2.24, 2.45) is 0 Å². The van der Waals surface area contributed by atoms with Gasteiger partial charge in [0, 0.05) is 10.6 Å². The summed E-state index contributed by atoms with van der Waals surface area (Å²) in [6, 6.07) is 7.10. The quantitative estimate of drug-likeness (QED) is 0.738. The van der Waals surface area contributed by atoms with E-state index in [2.05, 4.69) is 0 Å². The number of carbonyl (C=O) groups is 1. The van der Waals surface area contributed by atoms with Gasteiger partial charge in [0.15, 0.2) is 6.10 Å². The fourth-order valence-corrected chi connectivity index (χ4v) is 1.49. The van der Waals surface area contributed by atoms with Crippen molar-refractivity contribution in [3.8, 4) is 0 Å². The molecule has 1 aromatic carbocycles. The molecular formula is C9H7ClO3. The largest absolute Gasteiger partial charge is 0.479 e. The molecule has 1 heterocycles. The lowest BCUT2D eigenvalue weighted by atomic mass is 10.1. The fraction of sp³-hybridized carbons (Fsp3) is 0.222. The summed E-state index contributed by atoms with van der Waals surface area (Å²) < 4.78 is 4.96. The second kappa shape index (κ2) is 3.01. The van der Waals surface area contributed by atoms with E-state index in [4.69, 9.17) is 21.4 Å². The number of ether oxygens (including phenoxy) is 1. The van der Waals surface area contributed by atoms with Crippen LogP contribution in [-0.4, -0.2) is 17.2 Å². The van der Waals surface area contributed by atoms with Crippen LogP contribution in [0.1, 0.15) is 11.7 Å². The molecule has 0 radical (unpaired) electrons. The van der Waals surface area contributed by atoms with Gasteiger partial charge < -0.3 is 9.84 Å². The molecular weight excluding hydrogens is 192 g/mol. The number of epoxide rings is 1. The van der Waals surface area contributed by atoms with Gasteiger partial charge in [-0.2, -0.15) is 0 Å². The maximum Gasteiger partial charge on any atom is 0.335 e. The third-order valence-electron chi connectivity index (χ3n) is 1.95. The van der Waals surface area contributed by atoms with Crippen LogP contribution >= 0.6 is 11.6 Å². The third kappa shape index (κ3) is 1.53. The van der Waals surface area contributed by atoms with Crippen molar-refractivity contribution in [1.29, 1.82) is 0 Å². The smallest absolute Gasteiger partial charge is 0.335 e. The highest BCUT2D eigenvalue weighted by Gasteiger charge is 2.47. The van der Waals surface area contributed by atoms with Gasteiger partial charge in [-0.1, -0.05) is 29.8 Å². The Morgan fingerprint density at radius 1 is 1.46 bits per heavy atom. The Bertz CT molecular complexity index is 350. The first-order chi connectivity index (χ1) is 6.20. The summed E-state index contributed by atoms with van der Waals surface area (Å²) in [5.41, 5.74) is 0.747. The van der Waals surface area contributed by atoms with E-state index < -0.39 is 12.1 Å². The molecule has 0 saturated carbocycles. The topological polar surface area (TPSA) is 49.8 Å². The van der Waals surface area contributed by atoms with E-state index in [0.29, 0.717) is 5.02 Å². The van der Waals surface area contributed by atoms with Crippen LogP contribution in [-0.2, 0) is 9.53 Å². The molecule has 1 N–H and O–H groups in total. The molecule has 0 bridgehead atoms. The number of halogens is 1. The summed E-state index contributed by atoms with van der Waals surface area (Å²) in [5.74, 6) is -0.940. The molecule has 1 aliphatic rings. The molecule has 2 rings (SSSR count). The van der Waals surface area contributed by atoms with Gasteiger partial charge in [0.05, 0.1) is 0 Å². The van der Waals surface area contributed by atoms with E-state index >= 15 is 0 Å². The van der Waals surface area contributed by atoms with Gasteiger partial charge in [-0.05, 0) is 6.07 Å². The van der Waals surface area contributed by atoms with Crippen LogP contribution in [0.4, 0.5) is 0 Å². The van der Waals surface area contributed by atoms with Gasteiger partial charge in [-0.25, -0.2) is 4.79 Å². The van der Waals surface area contributed by atoms with Crippen LogP contribution < -0.4 is 0 Å². The Labute approximate surface area is 79.9 Å². The van der Waals surface area contributed by atoms with E-state index in [1.54, 1.807) is 18.2 Å². The van der Waals surface area contributed by atoms with Gasteiger partial charge >= 0.3 is 5.97 Å². The number of hydrogen-bond acceptors (Lipinski definition) is 2. The molecule has 1 saturated heterocycles. The Balaban J connectivity index is 2.21. The summed E-state index contributed by atoms with van der Waals surface area (Å²) in [7, 11) is 0. The Morgan fingerprint density at radius 2 is 2.15 bits per heavy atom. The summed E-state index contributed by atoms with van der Waals surface area (Å²) in [4.78, 5) is 10.5. The number of carboxylic acids is 1. The molecule has 0 spiro atoms. The first kappa shape index (κ1) is 8.53. The zero-order chi connectivity index (χ0) is 9.42. The van der Waals surface area contributed by atoms with Gasteiger partial charge in [0.1, 0.15) is 6.10 Å². The van der Waals surface area contributed by atoms with Gasteiger partial charge in [-0.15, -0.1) is 0 Å². The highest BCUT2D eigenvalue weighted by molar-refractivity contribution is 6.31. The molecule has 2 atom stereocenters. The lowest BCUT2D eigenvalue weighted by Gasteiger charge is -1.97. The molecule has 2 unspecified atom stereocenters. The summed E-state index contributed by atoms with van der Waals surface area (Å²) in [5, 5.41) is 9.16. The monoisotopic (exact) mass is 198 g/mol. The van der Waals surface area contributed by atoms with Gasteiger partial charge in [-0.3, -0.25) is 0 Å². The maximum atomic E-state index is 10.5. The van der Waals surface area contributed by atoms with Crippen molar-refractivity contribution in [3.05, 3.63) is 34.9 Å². The standard InChI is InChI=1S/C9H7ClO3/c10-6-4-2-1-3-5(6)7-8(13-7)9(11)12/h1-4,7-8H,(H,11,12). The molecule has 1 aliphatic heterocycles. The fourth-order valence-electron chi connectivity index (χ4n) is 1.24. The second-order valence-electron chi connectivity index (χ2n) is 2.84. The SMILES string of the molecule is O=C(O)C1OC1c1ccccc1Cl. The molecule has 1 fully saturated rings. The number of benzene rings is 1. The molecule has 0 aromatic heterocycles. The molecule has 3 nitrogen and oxygen atoms in total. The number of carboxylic acid groups (broad SMARTS) is 1. The van der Waals surface area contributed by atoms with Crippen molar-refractivity contribution in [2.45, 2.75) is 12.2 Å². The molecule has 13 heavy (non-hydrogen) atoms. The van der Waals surface area contributed by atoms with Crippen LogP contribution in [0.5, 0.6) is 0 Å². The van der Waals surface area contributed by atoms with Crippen LogP contribution in [0.3, 0.4) is 0 Å². The zero-order valence-electron chi connectivity index (χ0n) is 6.61. The van der Waals surface area contributed by atoms with Gasteiger partial charge in [0.2, 0.25) is 0 Å². The average Bonchev–Trinajstić information content (AvgIpc) is 2.84. The normalized spacial score (nSPS) is 25.6. The molecule has 4 heteroatoms. The predicted octanol–water partition coefficient (Wildman–Crippen LogP) is 1.86. The van der Waals surface area contributed by atoms with Crippen LogP contribution in [0.15, 0.2) is 24.3 Å². The summed E-state index contributed by atoms with van der Waals surface area (Å²) >= 11 is 5.86. The van der Waals surface area contributed by atoms with Crippen molar-refractivity contribution in [2.75, 3.05) is 0 Å². The van der Waals surface area contributed by atoms with Crippen molar-refractivity contribution >= 4 is 17.6 Å². The molecule has 68 valence electrons. The lowest BCUT2D eigenvalue weighted by Crippen LogP contribution is -2.04. The van der Waals surface area contributed by atoms with Crippen molar-refractivity contribution in [3.63, 3.8) is 0 Å². The third-order valence-corrected chi connectivity index (χ3v) is 2.29. The summed E-state index contributed by atoms with van der Waals surface area (Å²) in [6.45, 7) is 0. The molecule has 0 amide bonds. The van der Waals surface area contributed by atoms with E-state index in [0.717, 1.165) is 5.56 Å². The molecule has 0 aliphatic carbocycles. The Hall–Kier alpha value is -1.06. The van der Waals surface area contributed by atoms with E-state index in [-0.39, 0.29) is 6.10 Å². The van der Waals surface area contributed by atoms with Crippen LogP contribution in [0, 0.1) is 0 Å². The second-order valence-corrected chi connectivity index (χ2v) is 3.24. The highest BCUT2D eigenvalue weighted by atomic mass is 35.5. The first-order valence-electron chi connectivity index (χ1n) is 3.83. The van der Waals surface area contributed by atoms with E-state index in [1.165, 1.54) is 0 Å². The minimum Gasteiger partial charge on any atom is -0.479 e. The first-order valence-corrected chi connectivity index (χ1v) is 4.20. The highest BCUT2D eigenvalue weighted by Crippen LogP contribution is 2.41. The van der Waals surface area contributed by atoms with Crippen molar-refractivity contribution in [1.82, 2.24) is 0 Å². The Morgan fingerprint density at radius 3 is 2.69 bits per heavy atom. The number of aliphatic carboxylic acids is 1. The minimum atomic E-state index is -0.940. The number of hydrogen-bond donors (Lipinski definition) is 1. The Kier molecular flexibility index (Phi) is 1.98. The minimum absolute atomic E-state index is 0.369. The summed E-state index contributed by atoms with van der Waals surface area (Å²) in [6.07, 6.45) is -1.09. The number of rotatable bonds is 2. The van der Waals surface area contributed by atoms with Crippen LogP contribution in [0.2, 0.25) is 5.02 Å². The average molecular weight is 199 g/mol. The van der Waals surface area contributed by atoms with Crippen LogP contribution in [0.25, 0.3) is 0 Å². The molecule has 1 aromatic rings. The van der Waals surface area contributed by atoms with E-state index in [9.17, 15) is 4.79 Å². The van der Waals surface area contributed by atoms with Crippen molar-refractivity contribution < 1.29 is 14.6 Å². The van der Waals surface area contributed by atoms with E-state index in [1.807, 2.05) is 6.07 Å². The van der Waals surface area contributed by atoms with Gasteiger partial charge in [0.25, 0.3) is 0 Å². The maximum absolute atomic E-state index is 10.5. The predicted molar refractivity (Wildman–Crippen MR) is 46.7 cm³/mol.